The minimum atomic E-state index is -0.298. The molecule has 130 valence electrons. The molecule has 1 aromatic carbocycles. The van der Waals surface area contributed by atoms with Crippen LogP contribution in [-0.2, 0) is 0 Å². The van der Waals surface area contributed by atoms with E-state index >= 15 is 0 Å². The number of carbonyl (C=O) groups is 1. The van der Waals surface area contributed by atoms with Crippen molar-refractivity contribution in [2.45, 2.75) is 32.1 Å². The van der Waals surface area contributed by atoms with Gasteiger partial charge in [-0.1, -0.05) is 11.6 Å². The van der Waals surface area contributed by atoms with Crippen molar-refractivity contribution in [3.05, 3.63) is 59.8 Å². The number of nitrogens with one attached hydrogen (secondary N) is 2. The van der Waals surface area contributed by atoms with Crippen molar-refractivity contribution in [1.82, 2.24) is 15.3 Å². The Morgan fingerprint density at radius 1 is 1.12 bits per heavy atom. The van der Waals surface area contributed by atoms with Gasteiger partial charge in [0.2, 0.25) is 0 Å². The SMILES string of the molecule is O=C(NCCC1=CCCCC1)c1cnc(Nc2ccc(F)cc2)cn1. The zero-order valence-electron chi connectivity index (χ0n) is 14.0. The molecule has 0 bridgehead atoms. The van der Waals surface area contributed by atoms with Crippen LogP contribution in [0.5, 0.6) is 0 Å². The predicted octanol–water partition coefficient (Wildman–Crippen LogP) is 3.98. The first kappa shape index (κ1) is 17.1. The van der Waals surface area contributed by atoms with Gasteiger partial charge < -0.3 is 10.6 Å². The molecule has 0 atom stereocenters. The lowest BCUT2D eigenvalue weighted by atomic mass is 9.97. The minimum Gasteiger partial charge on any atom is -0.350 e. The van der Waals surface area contributed by atoms with Crippen LogP contribution in [0, 0.1) is 5.82 Å². The number of aromatic nitrogens is 2. The molecule has 1 aromatic heterocycles. The zero-order valence-corrected chi connectivity index (χ0v) is 14.0. The summed E-state index contributed by atoms with van der Waals surface area (Å²) in [7, 11) is 0. The molecule has 0 aliphatic heterocycles. The Hall–Kier alpha value is -2.76. The van der Waals surface area contributed by atoms with Crippen LogP contribution < -0.4 is 10.6 Å². The Bertz CT molecular complexity index is 741. The van der Waals surface area contributed by atoms with Gasteiger partial charge in [-0.05, 0) is 56.4 Å². The number of hydrogen-bond donors (Lipinski definition) is 2. The van der Waals surface area contributed by atoms with Crippen LogP contribution >= 0.6 is 0 Å². The van der Waals surface area contributed by atoms with Gasteiger partial charge in [-0.15, -0.1) is 0 Å². The number of benzene rings is 1. The molecule has 2 aromatic rings. The van der Waals surface area contributed by atoms with E-state index in [0.29, 0.717) is 18.1 Å². The number of rotatable bonds is 6. The number of anilines is 2. The topological polar surface area (TPSA) is 66.9 Å². The molecule has 0 unspecified atom stereocenters. The van der Waals surface area contributed by atoms with Gasteiger partial charge in [0, 0.05) is 12.2 Å². The first-order chi connectivity index (χ1) is 12.2. The number of allylic oxidation sites excluding steroid dienone is 1. The highest BCUT2D eigenvalue weighted by molar-refractivity contribution is 5.92. The molecule has 1 aliphatic carbocycles. The van der Waals surface area contributed by atoms with Gasteiger partial charge in [-0.2, -0.15) is 0 Å². The summed E-state index contributed by atoms with van der Waals surface area (Å²) in [6.45, 7) is 0.613. The number of amides is 1. The molecule has 6 heteroatoms. The smallest absolute Gasteiger partial charge is 0.271 e. The molecule has 0 radical (unpaired) electrons. The standard InChI is InChI=1S/C19H21FN4O/c20-15-6-8-16(9-7-15)24-18-13-22-17(12-23-18)19(25)21-11-10-14-4-2-1-3-5-14/h4,6-9,12-13H,1-3,5,10-11H2,(H,21,25)(H,23,24). The van der Waals surface area contributed by atoms with E-state index in [0.717, 1.165) is 19.3 Å². The van der Waals surface area contributed by atoms with Crippen LogP contribution in [0.3, 0.4) is 0 Å². The van der Waals surface area contributed by atoms with Crippen molar-refractivity contribution in [2.75, 3.05) is 11.9 Å². The van der Waals surface area contributed by atoms with E-state index in [9.17, 15) is 9.18 Å². The van der Waals surface area contributed by atoms with E-state index in [1.807, 2.05) is 0 Å². The van der Waals surface area contributed by atoms with Crippen LogP contribution in [0.15, 0.2) is 48.3 Å². The van der Waals surface area contributed by atoms with Gasteiger partial charge in [0.05, 0.1) is 12.4 Å². The van der Waals surface area contributed by atoms with Crippen molar-refractivity contribution >= 4 is 17.4 Å². The lowest BCUT2D eigenvalue weighted by Gasteiger charge is -2.12. The largest absolute Gasteiger partial charge is 0.350 e. The van der Waals surface area contributed by atoms with Gasteiger partial charge in [-0.3, -0.25) is 4.79 Å². The van der Waals surface area contributed by atoms with Crippen LogP contribution in [0.25, 0.3) is 0 Å². The highest BCUT2D eigenvalue weighted by Crippen LogP contribution is 2.19. The third-order valence-electron chi connectivity index (χ3n) is 4.12. The Labute approximate surface area is 146 Å². The Morgan fingerprint density at radius 2 is 1.96 bits per heavy atom. The Kier molecular flexibility index (Phi) is 5.72. The number of hydrogen-bond acceptors (Lipinski definition) is 4. The molecular weight excluding hydrogens is 319 g/mol. The lowest BCUT2D eigenvalue weighted by Crippen LogP contribution is -2.26. The molecule has 2 N–H and O–H groups in total. The summed E-state index contributed by atoms with van der Waals surface area (Å²) in [5, 5.41) is 5.88. The highest BCUT2D eigenvalue weighted by Gasteiger charge is 2.09. The van der Waals surface area contributed by atoms with Gasteiger partial charge >= 0.3 is 0 Å². The molecule has 1 amide bonds. The average molecular weight is 340 g/mol. The van der Waals surface area contributed by atoms with E-state index in [4.69, 9.17) is 0 Å². The first-order valence-corrected chi connectivity index (χ1v) is 8.51. The third-order valence-corrected chi connectivity index (χ3v) is 4.12. The van der Waals surface area contributed by atoms with E-state index in [1.165, 1.54) is 42.9 Å². The maximum Gasteiger partial charge on any atom is 0.271 e. The summed E-state index contributed by atoms with van der Waals surface area (Å²) in [6.07, 6.45) is 10.9. The normalized spacial score (nSPS) is 13.9. The van der Waals surface area contributed by atoms with Crippen molar-refractivity contribution in [3.8, 4) is 0 Å². The fraction of sp³-hybridized carbons (Fsp3) is 0.316. The van der Waals surface area contributed by atoms with Gasteiger partial charge in [0.25, 0.3) is 5.91 Å². The monoisotopic (exact) mass is 340 g/mol. The quantitative estimate of drug-likeness (QED) is 0.781. The van der Waals surface area contributed by atoms with Gasteiger partial charge in [-0.25, -0.2) is 14.4 Å². The Morgan fingerprint density at radius 3 is 2.64 bits per heavy atom. The number of carbonyl (C=O) groups excluding carboxylic acids is 1. The van der Waals surface area contributed by atoms with Crippen LogP contribution in [0.1, 0.15) is 42.6 Å². The second-order valence-corrected chi connectivity index (χ2v) is 6.03. The molecule has 0 fully saturated rings. The maximum absolute atomic E-state index is 12.9. The van der Waals surface area contributed by atoms with E-state index in [2.05, 4.69) is 26.7 Å². The van der Waals surface area contributed by atoms with Crippen molar-refractivity contribution in [2.24, 2.45) is 0 Å². The molecule has 5 nitrogen and oxygen atoms in total. The molecule has 25 heavy (non-hydrogen) atoms. The van der Waals surface area contributed by atoms with Crippen LogP contribution in [-0.4, -0.2) is 22.4 Å². The first-order valence-electron chi connectivity index (χ1n) is 8.51. The summed E-state index contributed by atoms with van der Waals surface area (Å²) in [5.41, 5.74) is 2.41. The fourth-order valence-electron chi connectivity index (χ4n) is 2.75. The minimum absolute atomic E-state index is 0.225. The molecule has 0 saturated carbocycles. The van der Waals surface area contributed by atoms with Gasteiger partial charge in [0.15, 0.2) is 0 Å². The zero-order chi connectivity index (χ0) is 17.5. The van der Waals surface area contributed by atoms with E-state index in [-0.39, 0.29) is 17.4 Å². The van der Waals surface area contributed by atoms with Crippen molar-refractivity contribution < 1.29 is 9.18 Å². The third kappa shape index (κ3) is 5.11. The summed E-state index contributed by atoms with van der Waals surface area (Å²) < 4.78 is 12.9. The molecule has 3 rings (SSSR count). The molecule has 0 spiro atoms. The summed E-state index contributed by atoms with van der Waals surface area (Å²) in [5.74, 6) is -0.0274. The summed E-state index contributed by atoms with van der Waals surface area (Å²) in [4.78, 5) is 20.4. The average Bonchev–Trinajstić information content (AvgIpc) is 2.65. The number of nitrogens with zero attached hydrogens (tertiary/aromatic N) is 2. The molecule has 1 heterocycles. The van der Waals surface area contributed by atoms with Crippen molar-refractivity contribution in [1.29, 1.82) is 0 Å². The summed E-state index contributed by atoms with van der Waals surface area (Å²) in [6, 6.07) is 5.94. The molecule has 0 saturated heterocycles. The predicted molar refractivity (Wildman–Crippen MR) is 95.2 cm³/mol. The second-order valence-electron chi connectivity index (χ2n) is 6.03. The van der Waals surface area contributed by atoms with Crippen LogP contribution in [0.2, 0.25) is 0 Å². The van der Waals surface area contributed by atoms with E-state index in [1.54, 1.807) is 12.1 Å². The van der Waals surface area contributed by atoms with Gasteiger partial charge in [0.1, 0.15) is 17.3 Å². The second kappa shape index (κ2) is 8.37. The number of halogens is 1. The fourth-order valence-corrected chi connectivity index (χ4v) is 2.75. The Balaban J connectivity index is 1.49. The van der Waals surface area contributed by atoms with E-state index < -0.39 is 0 Å². The highest BCUT2D eigenvalue weighted by atomic mass is 19.1. The van der Waals surface area contributed by atoms with Crippen LogP contribution in [0.4, 0.5) is 15.9 Å². The van der Waals surface area contributed by atoms with Crippen molar-refractivity contribution in [3.63, 3.8) is 0 Å². The molecular formula is C19H21FN4O. The lowest BCUT2D eigenvalue weighted by molar-refractivity contribution is 0.0948. The molecule has 1 aliphatic rings. The maximum atomic E-state index is 12.9. The summed E-state index contributed by atoms with van der Waals surface area (Å²) >= 11 is 0.